The molecule has 0 aliphatic carbocycles. The summed E-state index contributed by atoms with van der Waals surface area (Å²) >= 11 is 6.74. The van der Waals surface area contributed by atoms with Crippen LogP contribution in [0.2, 0.25) is 4.34 Å². The van der Waals surface area contributed by atoms with E-state index in [1.165, 1.54) is 30.3 Å². The molecule has 32 heavy (non-hydrogen) atoms. The molecule has 11 heteroatoms. The lowest BCUT2D eigenvalue weighted by atomic mass is 10.1. The summed E-state index contributed by atoms with van der Waals surface area (Å²) in [5.41, 5.74) is 1.58. The fraction of sp³-hybridized carbons (Fsp3) is 0.190. The van der Waals surface area contributed by atoms with Gasteiger partial charge in [-0.05, 0) is 54.6 Å². The smallest absolute Gasteiger partial charge is 0.337 e. The highest BCUT2D eigenvalue weighted by Gasteiger charge is 2.23. The number of aromatic carboxylic acids is 1. The standard InChI is InChI=1S/C21H19ClFN3O4S2/c22-19-7-8-20(31-19)32(29,30)24-15-3-6-18(17(13-15)21(27)28)26-11-9-25(10-12-26)16-4-1-14(23)2-5-16/h1-8,13,24H,9-12H2,(H,27,28). The van der Waals surface area contributed by atoms with Crippen molar-refractivity contribution >= 4 is 56.0 Å². The van der Waals surface area contributed by atoms with E-state index in [9.17, 15) is 22.7 Å². The van der Waals surface area contributed by atoms with Crippen LogP contribution in [0, 0.1) is 5.82 Å². The molecule has 0 radical (unpaired) electrons. The number of nitrogens with one attached hydrogen (secondary N) is 1. The molecule has 7 nitrogen and oxygen atoms in total. The number of benzene rings is 2. The minimum Gasteiger partial charge on any atom is -0.478 e. The van der Waals surface area contributed by atoms with Gasteiger partial charge in [-0.1, -0.05) is 11.6 Å². The van der Waals surface area contributed by atoms with Gasteiger partial charge in [-0.3, -0.25) is 4.72 Å². The van der Waals surface area contributed by atoms with Gasteiger partial charge in [0.1, 0.15) is 10.0 Å². The number of hydrogen-bond acceptors (Lipinski definition) is 6. The highest BCUT2D eigenvalue weighted by Crippen LogP contribution is 2.30. The number of carboxylic acid groups (broad SMARTS) is 1. The van der Waals surface area contributed by atoms with Crippen molar-refractivity contribution in [3.8, 4) is 0 Å². The molecule has 4 rings (SSSR count). The minimum absolute atomic E-state index is 0.00430. The number of rotatable bonds is 6. The summed E-state index contributed by atoms with van der Waals surface area (Å²) < 4.78 is 41.0. The van der Waals surface area contributed by atoms with Crippen LogP contribution in [0.25, 0.3) is 0 Å². The van der Waals surface area contributed by atoms with Crippen LogP contribution >= 0.6 is 22.9 Å². The van der Waals surface area contributed by atoms with Crippen molar-refractivity contribution in [3.05, 3.63) is 70.3 Å². The number of anilines is 3. The number of carboxylic acids is 1. The van der Waals surface area contributed by atoms with Crippen LogP contribution in [-0.4, -0.2) is 45.7 Å². The highest BCUT2D eigenvalue weighted by atomic mass is 35.5. The van der Waals surface area contributed by atoms with Crippen molar-refractivity contribution in [3.63, 3.8) is 0 Å². The van der Waals surface area contributed by atoms with Crippen LogP contribution < -0.4 is 14.5 Å². The van der Waals surface area contributed by atoms with Gasteiger partial charge in [0.25, 0.3) is 10.0 Å². The molecular formula is C21H19ClFN3O4S2. The van der Waals surface area contributed by atoms with E-state index in [-0.39, 0.29) is 21.3 Å². The second kappa shape index (κ2) is 8.97. The molecule has 2 N–H and O–H groups in total. The SMILES string of the molecule is O=C(O)c1cc(NS(=O)(=O)c2ccc(Cl)s2)ccc1N1CCN(c2ccc(F)cc2)CC1. The maximum atomic E-state index is 13.2. The van der Waals surface area contributed by atoms with Crippen LogP contribution in [0.3, 0.4) is 0 Å². The predicted octanol–water partition coefficient (Wildman–Crippen LogP) is 4.37. The van der Waals surface area contributed by atoms with Gasteiger partial charge in [0.2, 0.25) is 0 Å². The molecule has 1 aromatic heterocycles. The van der Waals surface area contributed by atoms with Crippen molar-refractivity contribution in [2.45, 2.75) is 4.21 Å². The van der Waals surface area contributed by atoms with Crippen LogP contribution in [0.15, 0.2) is 58.8 Å². The Kier molecular flexibility index (Phi) is 6.27. The molecule has 1 aliphatic rings. The molecule has 1 aliphatic heterocycles. The maximum absolute atomic E-state index is 13.2. The zero-order valence-corrected chi connectivity index (χ0v) is 19.1. The normalized spacial score (nSPS) is 14.4. The molecule has 3 aromatic rings. The molecule has 0 atom stereocenters. The Morgan fingerprint density at radius 3 is 2.25 bits per heavy atom. The fourth-order valence-corrected chi connectivity index (χ4v) is 6.08. The molecule has 1 saturated heterocycles. The molecule has 0 saturated carbocycles. The zero-order chi connectivity index (χ0) is 22.9. The van der Waals surface area contributed by atoms with Crippen LogP contribution in [-0.2, 0) is 10.0 Å². The molecule has 1 fully saturated rings. The molecule has 0 amide bonds. The fourth-order valence-electron chi connectivity index (χ4n) is 3.55. The van der Waals surface area contributed by atoms with Gasteiger partial charge in [-0.15, -0.1) is 11.3 Å². The lowest BCUT2D eigenvalue weighted by molar-refractivity contribution is 0.0697. The first-order valence-corrected chi connectivity index (χ1v) is 12.3. The Morgan fingerprint density at radius 1 is 1.00 bits per heavy atom. The Labute approximate surface area is 193 Å². The van der Waals surface area contributed by atoms with Gasteiger partial charge in [-0.25, -0.2) is 17.6 Å². The van der Waals surface area contributed by atoms with E-state index in [1.807, 2.05) is 4.90 Å². The second-order valence-electron chi connectivity index (χ2n) is 7.15. The van der Waals surface area contributed by atoms with E-state index in [4.69, 9.17) is 11.6 Å². The van der Waals surface area contributed by atoms with Crippen molar-refractivity contribution in [2.24, 2.45) is 0 Å². The topological polar surface area (TPSA) is 89.9 Å². The third kappa shape index (κ3) is 4.82. The Hall–Kier alpha value is -2.82. The lowest BCUT2D eigenvalue weighted by Gasteiger charge is -2.38. The number of sulfonamides is 1. The van der Waals surface area contributed by atoms with Crippen molar-refractivity contribution in [1.29, 1.82) is 0 Å². The van der Waals surface area contributed by atoms with Gasteiger partial charge in [0.05, 0.1) is 15.6 Å². The summed E-state index contributed by atoms with van der Waals surface area (Å²) in [6.07, 6.45) is 0. The summed E-state index contributed by atoms with van der Waals surface area (Å²) in [5.74, 6) is -1.45. The molecular weight excluding hydrogens is 477 g/mol. The molecule has 2 aromatic carbocycles. The minimum atomic E-state index is -3.87. The molecule has 2 heterocycles. The van der Waals surface area contributed by atoms with Gasteiger partial charge in [-0.2, -0.15) is 0 Å². The Bertz CT molecular complexity index is 1240. The summed E-state index contributed by atoms with van der Waals surface area (Å²) in [7, 11) is -3.87. The molecule has 0 bridgehead atoms. The molecule has 0 unspecified atom stereocenters. The maximum Gasteiger partial charge on any atom is 0.337 e. The monoisotopic (exact) mass is 495 g/mol. The zero-order valence-electron chi connectivity index (χ0n) is 16.7. The van der Waals surface area contributed by atoms with Gasteiger partial charge in [0.15, 0.2) is 0 Å². The number of halogens is 2. The number of nitrogens with zero attached hydrogens (tertiary/aromatic N) is 2. The summed E-state index contributed by atoms with van der Waals surface area (Å²) in [6, 6.07) is 13.6. The quantitative estimate of drug-likeness (QED) is 0.528. The van der Waals surface area contributed by atoms with Gasteiger partial charge in [0, 0.05) is 37.6 Å². The third-order valence-corrected chi connectivity index (χ3v) is 8.21. The van der Waals surface area contributed by atoms with Crippen LogP contribution in [0.1, 0.15) is 10.4 Å². The lowest BCUT2D eigenvalue weighted by Crippen LogP contribution is -2.47. The molecule has 168 valence electrons. The van der Waals surface area contributed by atoms with Crippen molar-refractivity contribution in [1.82, 2.24) is 0 Å². The largest absolute Gasteiger partial charge is 0.478 e. The van der Waals surface area contributed by atoms with Crippen molar-refractivity contribution in [2.75, 3.05) is 40.7 Å². The first-order valence-electron chi connectivity index (χ1n) is 9.64. The Balaban J connectivity index is 1.51. The van der Waals surface area contributed by atoms with E-state index in [0.29, 0.717) is 36.2 Å². The summed E-state index contributed by atoms with van der Waals surface area (Å²) in [5, 5.41) is 9.73. The second-order valence-corrected chi connectivity index (χ2v) is 10.8. The van der Waals surface area contributed by atoms with E-state index in [0.717, 1.165) is 17.0 Å². The van der Waals surface area contributed by atoms with E-state index in [2.05, 4.69) is 9.62 Å². The van der Waals surface area contributed by atoms with Crippen LogP contribution in [0.5, 0.6) is 0 Å². The summed E-state index contributed by atoms with van der Waals surface area (Å²) in [4.78, 5) is 16.0. The van der Waals surface area contributed by atoms with Gasteiger partial charge < -0.3 is 14.9 Å². The van der Waals surface area contributed by atoms with Gasteiger partial charge >= 0.3 is 5.97 Å². The van der Waals surface area contributed by atoms with E-state index < -0.39 is 16.0 Å². The Morgan fingerprint density at radius 2 is 1.66 bits per heavy atom. The first kappa shape index (κ1) is 22.4. The first-order chi connectivity index (χ1) is 15.2. The van der Waals surface area contributed by atoms with Crippen LogP contribution in [0.4, 0.5) is 21.5 Å². The average Bonchev–Trinajstić information content (AvgIpc) is 3.22. The van der Waals surface area contributed by atoms with E-state index >= 15 is 0 Å². The summed E-state index contributed by atoms with van der Waals surface area (Å²) in [6.45, 7) is 2.41. The molecule has 0 spiro atoms. The number of thiophene rings is 1. The third-order valence-electron chi connectivity index (χ3n) is 5.10. The average molecular weight is 496 g/mol. The number of hydrogen-bond donors (Lipinski definition) is 2. The highest BCUT2D eigenvalue weighted by molar-refractivity contribution is 7.94. The van der Waals surface area contributed by atoms with Crippen molar-refractivity contribution < 1.29 is 22.7 Å². The predicted molar refractivity (Wildman–Crippen MR) is 124 cm³/mol. The number of carbonyl (C=O) groups is 1. The number of piperazine rings is 1. The van der Waals surface area contributed by atoms with E-state index in [1.54, 1.807) is 24.3 Å².